The van der Waals surface area contributed by atoms with E-state index in [1.54, 1.807) is 11.3 Å². The molecular formula is C20H26N2O2S. The summed E-state index contributed by atoms with van der Waals surface area (Å²) in [5.41, 5.74) is 3.49. The van der Waals surface area contributed by atoms with Crippen molar-refractivity contribution >= 4 is 11.3 Å². The van der Waals surface area contributed by atoms with Crippen molar-refractivity contribution in [2.24, 2.45) is 5.92 Å². The number of morpholine rings is 1. The first-order valence-electron chi connectivity index (χ1n) is 9.15. The Bertz CT molecular complexity index is 676. The van der Waals surface area contributed by atoms with Crippen LogP contribution in [-0.2, 0) is 22.6 Å². The number of aromatic nitrogens is 1. The fraction of sp³-hybridized carbons (Fsp3) is 0.550. The van der Waals surface area contributed by atoms with E-state index in [0.29, 0.717) is 24.7 Å². The molecule has 0 N–H and O–H groups in total. The highest BCUT2D eigenvalue weighted by atomic mass is 32.1. The topological polar surface area (TPSA) is 34.6 Å². The van der Waals surface area contributed by atoms with E-state index in [4.69, 9.17) is 9.47 Å². The Morgan fingerprint density at radius 1 is 1.32 bits per heavy atom. The van der Waals surface area contributed by atoms with Gasteiger partial charge in [0.1, 0.15) is 0 Å². The van der Waals surface area contributed by atoms with Gasteiger partial charge in [-0.05, 0) is 60.2 Å². The molecule has 0 spiro atoms. The number of aryl methyl sites for hydroxylation is 1. The minimum absolute atomic E-state index is 0.373. The molecule has 2 aromatic rings. The van der Waals surface area contributed by atoms with Crippen LogP contribution in [0, 0.1) is 12.8 Å². The molecule has 0 unspecified atom stereocenters. The van der Waals surface area contributed by atoms with Crippen molar-refractivity contribution in [1.29, 1.82) is 0 Å². The lowest BCUT2D eigenvalue weighted by Crippen LogP contribution is -2.47. The largest absolute Gasteiger partial charge is 0.375 e. The zero-order valence-corrected chi connectivity index (χ0v) is 15.6. The number of ether oxygens (including phenoxy) is 2. The summed E-state index contributed by atoms with van der Waals surface area (Å²) in [4.78, 5) is 7.12. The molecule has 2 fully saturated rings. The van der Waals surface area contributed by atoms with Crippen LogP contribution in [0.4, 0.5) is 0 Å². The van der Waals surface area contributed by atoms with Crippen LogP contribution >= 0.6 is 11.3 Å². The highest BCUT2D eigenvalue weighted by Crippen LogP contribution is 2.35. The normalized spacial score (nSPS) is 26.7. The Kier molecular flexibility index (Phi) is 5.46. The predicted molar refractivity (Wildman–Crippen MR) is 99.6 cm³/mol. The molecule has 0 radical (unpaired) electrons. The van der Waals surface area contributed by atoms with E-state index < -0.39 is 0 Å². The fourth-order valence-electron chi connectivity index (χ4n) is 4.09. The summed E-state index contributed by atoms with van der Waals surface area (Å²) in [6, 6.07) is 8.87. The Morgan fingerprint density at radius 2 is 2.28 bits per heavy atom. The van der Waals surface area contributed by atoms with Crippen LogP contribution in [0.5, 0.6) is 0 Å². The van der Waals surface area contributed by atoms with Crippen LogP contribution in [0.1, 0.15) is 29.8 Å². The quantitative estimate of drug-likeness (QED) is 0.789. The molecule has 1 saturated heterocycles. The molecule has 1 saturated carbocycles. The highest BCUT2D eigenvalue weighted by molar-refractivity contribution is 7.07. The molecule has 0 bridgehead atoms. The number of pyridine rings is 1. The van der Waals surface area contributed by atoms with Crippen molar-refractivity contribution in [3.8, 4) is 0 Å². The zero-order chi connectivity index (χ0) is 17.1. The van der Waals surface area contributed by atoms with E-state index in [1.165, 1.54) is 12.0 Å². The number of rotatable bonds is 6. The second-order valence-corrected chi connectivity index (χ2v) is 7.98. The summed E-state index contributed by atoms with van der Waals surface area (Å²) in [7, 11) is 0. The molecule has 2 aromatic heterocycles. The van der Waals surface area contributed by atoms with Crippen LogP contribution < -0.4 is 0 Å². The maximum atomic E-state index is 6.05. The molecule has 25 heavy (non-hydrogen) atoms. The Balaban J connectivity index is 1.29. The smallest absolute Gasteiger partial charge is 0.0888 e. The molecule has 4 nitrogen and oxygen atoms in total. The van der Waals surface area contributed by atoms with Crippen molar-refractivity contribution < 1.29 is 9.47 Å². The molecule has 0 amide bonds. The highest BCUT2D eigenvalue weighted by Gasteiger charge is 2.40. The standard InChI is InChI=1S/C20H26N2O2S/c1-15-3-2-4-18(21-15)13-23-12-17-9-19-20(10-17)24-7-6-22(19)11-16-5-8-25-14-16/h2-5,8,14,17,19-20H,6-7,9-13H2,1H3/t17-,19-,20-/m0/s1. The summed E-state index contributed by atoms with van der Waals surface area (Å²) < 4.78 is 12.0. The van der Waals surface area contributed by atoms with Gasteiger partial charge >= 0.3 is 0 Å². The molecule has 3 heterocycles. The van der Waals surface area contributed by atoms with Gasteiger partial charge in [-0.3, -0.25) is 9.88 Å². The molecule has 4 rings (SSSR count). The van der Waals surface area contributed by atoms with E-state index in [0.717, 1.165) is 44.1 Å². The van der Waals surface area contributed by atoms with Crippen LogP contribution in [-0.4, -0.2) is 41.8 Å². The van der Waals surface area contributed by atoms with Gasteiger partial charge in [0.2, 0.25) is 0 Å². The Hall–Kier alpha value is -1.27. The Morgan fingerprint density at radius 3 is 3.12 bits per heavy atom. The van der Waals surface area contributed by atoms with Crippen molar-refractivity contribution in [2.75, 3.05) is 19.8 Å². The molecule has 3 atom stereocenters. The van der Waals surface area contributed by atoms with Crippen LogP contribution in [0.2, 0.25) is 0 Å². The van der Waals surface area contributed by atoms with E-state index in [-0.39, 0.29) is 0 Å². The van der Waals surface area contributed by atoms with Crippen LogP contribution in [0.15, 0.2) is 35.0 Å². The van der Waals surface area contributed by atoms with Crippen LogP contribution in [0.25, 0.3) is 0 Å². The summed E-state index contributed by atoms with van der Waals surface area (Å²) in [6.45, 7) is 6.37. The van der Waals surface area contributed by atoms with Gasteiger partial charge < -0.3 is 9.47 Å². The van der Waals surface area contributed by atoms with Crippen molar-refractivity contribution in [3.63, 3.8) is 0 Å². The third-order valence-corrected chi connectivity index (χ3v) is 6.00. The number of fused-ring (bicyclic) bond motifs is 1. The average Bonchev–Trinajstić information content (AvgIpc) is 3.25. The lowest BCUT2D eigenvalue weighted by Gasteiger charge is -2.37. The number of nitrogens with zero attached hydrogens (tertiary/aromatic N) is 2. The zero-order valence-electron chi connectivity index (χ0n) is 14.8. The van der Waals surface area contributed by atoms with Crippen molar-refractivity contribution in [2.45, 2.75) is 45.1 Å². The van der Waals surface area contributed by atoms with Gasteiger partial charge in [-0.2, -0.15) is 11.3 Å². The minimum Gasteiger partial charge on any atom is -0.375 e. The number of thiophene rings is 1. The first kappa shape index (κ1) is 17.2. The number of hydrogen-bond donors (Lipinski definition) is 0. The second kappa shape index (κ2) is 7.96. The van der Waals surface area contributed by atoms with Gasteiger partial charge in [0.25, 0.3) is 0 Å². The van der Waals surface area contributed by atoms with Gasteiger partial charge in [0.15, 0.2) is 0 Å². The van der Waals surface area contributed by atoms with E-state index in [1.807, 2.05) is 25.1 Å². The minimum atomic E-state index is 0.373. The second-order valence-electron chi connectivity index (χ2n) is 7.20. The monoisotopic (exact) mass is 358 g/mol. The number of hydrogen-bond acceptors (Lipinski definition) is 5. The molecule has 1 aliphatic heterocycles. The third kappa shape index (κ3) is 4.29. The molecule has 5 heteroatoms. The SMILES string of the molecule is Cc1cccc(COC[C@@H]2C[C@@H]3OCCN(Cc4ccsc4)[C@H]3C2)n1. The summed E-state index contributed by atoms with van der Waals surface area (Å²) >= 11 is 1.78. The maximum Gasteiger partial charge on any atom is 0.0888 e. The fourth-order valence-corrected chi connectivity index (χ4v) is 4.75. The van der Waals surface area contributed by atoms with Gasteiger partial charge in [-0.25, -0.2) is 0 Å². The first-order valence-corrected chi connectivity index (χ1v) is 10.1. The average molecular weight is 359 g/mol. The molecule has 0 aromatic carbocycles. The molecule has 1 aliphatic carbocycles. The molecular weight excluding hydrogens is 332 g/mol. The predicted octanol–water partition coefficient (Wildman–Crippen LogP) is 3.65. The lowest BCUT2D eigenvalue weighted by molar-refractivity contribution is -0.0591. The summed E-state index contributed by atoms with van der Waals surface area (Å²) in [6.07, 6.45) is 2.67. The van der Waals surface area contributed by atoms with Crippen molar-refractivity contribution in [1.82, 2.24) is 9.88 Å². The van der Waals surface area contributed by atoms with Crippen molar-refractivity contribution in [3.05, 3.63) is 52.0 Å². The first-order chi connectivity index (χ1) is 12.3. The summed E-state index contributed by atoms with van der Waals surface area (Å²) in [5.74, 6) is 0.586. The third-order valence-electron chi connectivity index (χ3n) is 5.26. The summed E-state index contributed by atoms with van der Waals surface area (Å²) in [5, 5.41) is 4.42. The van der Waals surface area contributed by atoms with E-state index >= 15 is 0 Å². The van der Waals surface area contributed by atoms with Gasteiger partial charge in [-0.15, -0.1) is 0 Å². The van der Waals surface area contributed by atoms with Gasteiger partial charge in [-0.1, -0.05) is 6.07 Å². The van der Waals surface area contributed by atoms with Gasteiger partial charge in [0, 0.05) is 24.8 Å². The van der Waals surface area contributed by atoms with E-state index in [2.05, 4.69) is 26.7 Å². The maximum absolute atomic E-state index is 6.05. The van der Waals surface area contributed by atoms with E-state index in [9.17, 15) is 0 Å². The molecule has 2 aliphatic rings. The Labute approximate surface area is 153 Å². The molecule has 134 valence electrons. The van der Waals surface area contributed by atoms with Crippen LogP contribution in [0.3, 0.4) is 0 Å². The lowest BCUT2D eigenvalue weighted by atomic mass is 10.1. The van der Waals surface area contributed by atoms with Gasteiger partial charge in [0.05, 0.1) is 31.6 Å².